The maximum atomic E-state index is 5.77. The first-order valence-corrected chi connectivity index (χ1v) is 9.66. The third-order valence-corrected chi connectivity index (χ3v) is 4.30. The van der Waals surface area contributed by atoms with Crippen LogP contribution in [0.4, 0.5) is 0 Å². The second-order valence-corrected chi connectivity index (χ2v) is 6.43. The Balaban J connectivity index is 0.00000364. The minimum atomic E-state index is 0. The fourth-order valence-corrected chi connectivity index (χ4v) is 2.75. The average molecular weight is 491 g/mol. The minimum Gasteiger partial charge on any atom is -0.494 e. The molecule has 1 fully saturated rings. The number of ether oxygens (including phenoxy) is 3. The van der Waals surface area contributed by atoms with Gasteiger partial charge < -0.3 is 24.8 Å². The summed E-state index contributed by atoms with van der Waals surface area (Å²) >= 11 is 0. The molecule has 154 valence electrons. The summed E-state index contributed by atoms with van der Waals surface area (Å²) in [6.07, 6.45) is 4.15. The second kappa shape index (κ2) is 15.9. The monoisotopic (exact) mass is 491 g/mol. The van der Waals surface area contributed by atoms with Crippen molar-refractivity contribution >= 4 is 29.9 Å². The normalized spacial score (nSPS) is 15.1. The fraction of sp³-hybridized carbons (Fsp3) is 0.650. The van der Waals surface area contributed by atoms with Crippen molar-refractivity contribution in [2.24, 2.45) is 10.9 Å². The Labute approximate surface area is 180 Å². The lowest BCUT2D eigenvalue weighted by molar-refractivity contribution is 0.0203. The van der Waals surface area contributed by atoms with Gasteiger partial charge in [-0.15, -0.1) is 24.0 Å². The molecular formula is C20H34IN3O3. The predicted octanol–water partition coefficient (Wildman–Crippen LogP) is 3.07. The molecule has 1 heterocycles. The average Bonchev–Trinajstić information content (AvgIpc) is 2.70. The van der Waals surface area contributed by atoms with Crippen molar-refractivity contribution in [3.63, 3.8) is 0 Å². The number of guanidine groups is 1. The quantitative estimate of drug-likeness (QED) is 0.216. The van der Waals surface area contributed by atoms with Crippen LogP contribution in [0.5, 0.6) is 5.75 Å². The molecule has 6 nitrogen and oxygen atoms in total. The van der Waals surface area contributed by atoms with Gasteiger partial charge in [0.15, 0.2) is 5.96 Å². The molecule has 0 aromatic heterocycles. The van der Waals surface area contributed by atoms with Crippen molar-refractivity contribution in [3.8, 4) is 5.75 Å². The molecule has 0 unspecified atom stereocenters. The summed E-state index contributed by atoms with van der Waals surface area (Å²) in [4.78, 5) is 4.23. The number of para-hydroxylation sites is 1. The van der Waals surface area contributed by atoms with E-state index in [-0.39, 0.29) is 24.0 Å². The number of aliphatic imine (C=N–C) groups is 1. The Morgan fingerprint density at radius 3 is 2.41 bits per heavy atom. The van der Waals surface area contributed by atoms with E-state index in [1.165, 1.54) is 0 Å². The van der Waals surface area contributed by atoms with E-state index >= 15 is 0 Å². The lowest BCUT2D eigenvalue weighted by atomic mass is 10.0. The molecule has 0 spiro atoms. The van der Waals surface area contributed by atoms with Crippen LogP contribution >= 0.6 is 24.0 Å². The van der Waals surface area contributed by atoms with Gasteiger partial charge in [0.25, 0.3) is 0 Å². The Morgan fingerprint density at radius 1 is 1.07 bits per heavy atom. The van der Waals surface area contributed by atoms with Crippen LogP contribution in [-0.4, -0.2) is 59.1 Å². The van der Waals surface area contributed by atoms with Gasteiger partial charge in [-0.2, -0.15) is 0 Å². The highest BCUT2D eigenvalue weighted by Crippen LogP contribution is 2.14. The summed E-state index contributed by atoms with van der Waals surface area (Å²) in [7, 11) is 1.79. The van der Waals surface area contributed by atoms with Crippen LogP contribution in [0.3, 0.4) is 0 Å². The van der Waals surface area contributed by atoms with Gasteiger partial charge in [0.2, 0.25) is 0 Å². The van der Waals surface area contributed by atoms with Gasteiger partial charge in [0, 0.05) is 46.6 Å². The van der Waals surface area contributed by atoms with Crippen molar-refractivity contribution in [1.82, 2.24) is 10.6 Å². The van der Waals surface area contributed by atoms with Crippen LogP contribution in [0, 0.1) is 5.92 Å². The van der Waals surface area contributed by atoms with E-state index in [1.54, 1.807) is 7.05 Å². The van der Waals surface area contributed by atoms with Crippen LogP contribution < -0.4 is 15.4 Å². The largest absolute Gasteiger partial charge is 0.494 e. The molecule has 1 aromatic rings. The number of hydrogen-bond acceptors (Lipinski definition) is 4. The Morgan fingerprint density at radius 2 is 1.74 bits per heavy atom. The lowest BCUT2D eigenvalue weighted by Crippen LogP contribution is -2.38. The number of benzene rings is 1. The number of hydrogen-bond donors (Lipinski definition) is 2. The Hall–Kier alpha value is -1.06. The third kappa shape index (κ3) is 11.4. The zero-order chi connectivity index (χ0) is 18.3. The summed E-state index contributed by atoms with van der Waals surface area (Å²) in [6, 6.07) is 9.88. The molecule has 0 saturated carbocycles. The summed E-state index contributed by atoms with van der Waals surface area (Å²) in [6.45, 7) is 5.78. The first-order valence-electron chi connectivity index (χ1n) is 9.66. The molecule has 1 aliphatic heterocycles. The van der Waals surface area contributed by atoms with Crippen molar-refractivity contribution in [3.05, 3.63) is 30.3 Å². The molecule has 0 atom stereocenters. The van der Waals surface area contributed by atoms with Crippen molar-refractivity contribution in [2.45, 2.75) is 25.7 Å². The molecule has 1 aromatic carbocycles. The SMILES string of the molecule is CN=C(NCCCOCC1CCOCC1)NCCCOc1ccccc1.I. The molecule has 2 N–H and O–H groups in total. The lowest BCUT2D eigenvalue weighted by Gasteiger charge is -2.21. The summed E-state index contributed by atoms with van der Waals surface area (Å²) in [5.74, 6) is 2.41. The first kappa shape index (κ1) is 24.0. The van der Waals surface area contributed by atoms with E-state index in [0.29, 0.717) is 12.5 Å². The molecule has 2 rings (SSSR count). The summed E-state index contributed by atoms with van der Waals surface area (Å²) < 4.78 is 16.8. The van der Waals surface area contributed by atoms with E-state index in [1.807, 2.05) is 30.3 Å². The zero-order valence-corrected chi connectivity index (χ0v) is 18.7. The molecule has 1 saturated heterocycles. The highest BCUT2D eigenvalue weighted by atomic mass is 127. The highest BCUT2D eigenvalue weighted by molar-refractivity contribution is 14.0. The van der Waals surface area contributed by atoms with Crippen molar-refractivity contribution in [2.75, 3.05) is 53.2 Å². The second-order valence-electron chi connectivity index (χ2n) is 6.43. The molecule has 0 bridgehead atoms. The fourth-order valence-electron chi connectivity index (χ4n) is 2.75. The number of nitrogens with zero attached hydrogens (tertiary/aromatic N) is 1. The van der Waals surface area contributed by atoms with Gasteiger partial charge in [0.05, 0.1) is 6.61 Å². The molecule has 1 aliphatic rings. The van der Waals surface area contributed by atoms with Gasteiger partial charge in [-0.3, -0.25) is 4.99 Å². The van der Waals surface area contributed by atoms with Crippen LogP contribution in [-0.2, 0) is 9.47 Å². The molecule has 0 radical (unpaired) electrons. The van der Waals surface area contributed by atoms with Gasteiger partial charge in [-0.05, 0) is 43.7 Å². The summed E-state index contributed by atoms with van der Waals surface area (Å²) in [5.41, 5.74) is 0. The van der Waals surface area contributed by atoms with Crippen LogP contribution in [0.25, 0.3) is 0 Å². The van der Waals surface area contributed by atoms with E-state index < -0.39 is 0 Å². The van der Waals surface area contributed by atoms with Gasteiger partial charge in [0.1, 0.15) is 5.75 Å². The molecule has 27 heavy (non-hydrogen) atoms. The zero-order valence-electron chi connectivity index (χ0n) is 16.3. The van der Waals surface area contributed by atoms with E-state index in [2.05, 4.69) is 15.6 Å². The van der Waals surface area contributed by atoms with E-state index in [9.17, 15) is 0 Å². The maximum absolute atomic E-state index is 5.77. The minimum absolute atomic E-state index is 0. The predicted molar refractivity (Wildman–Crippen MR) is 120 cm³/mol. The highest BCUT2D eigenvalue weighted by Gasteiger charge is 2.13. The third-order valence-electron chi connectivity index (χ3n) is 4.30. The molecule has 0 amide bonds. The number of rotatable bonds is 11. The molecule has 7 heteroatoms. The first-order chi connectivity index (χ1) is 12.9. The standard InChI is InChI=1S/C20H33N3O3.HI/c1-21-20(23-12-6-14-26-19-7-3-2-4-8-19)22-11-5-13-25-17-18-9-15-24-16-10-18;/h2-4,7-8,18H,5-6,9-17H2,1H3,(H2,21,22,23);1H. The van der Waals surface area contributed by atoms with Gasteiger partial charge >= 0.3 is 0 Å². The van der Waals surface area contributed by atoms with E-state index in [4.69, 9.17) is 14.2 Å². The van der Waals surface area contributed by atoms with Crippen LogP contribution in [0.2, 0.25) is 0 Å². The number of halogens is 1. The van der Waals surface area contributed by atoms with Gasteiger partial charge in [-0.25, -0.2) is 0 Å². The van der Waals surface area contributed by atoms with Gasteiger partial charge in [-0.1, -0.05) is 18.2 Å². The van der Waals surface area contributed by atoms with Crippen LogP contribution in [0.15, 0.2) is 35.3 Å². The van der Waals surface area contributed by atoms with Crippen molar-refractivity contribution < 1.29 is 14.2 Å². The van der Waals surface area contributed by atoms with Crippen LogP contribution in [0.1, 0.15) is 25.7 Å². The van der Waals surface area contributed by atoms with E-state index in [0.717, 1.165) is 76.9 Å². The topological polar surface area (TPSA) is 64.1 Å². The number of nitrogens with one attached hydrogen (secondary N) is 2. The smallest absolute Gasteiger partial charge is 0.190 e. The Bertz CT molecular complexity index is 497. The van der Waals surface area contributed by atoms with Crippen molar-refractivity contribution in [1.29, 1.82) is 0 Å². The molecule has 0 aliphatic carbocycles. The molecular weight excluding hydrogens is 457 g/mol. The summed E-state index contributed by atoms with van der Waals surface area (Å²) in [5, 5.41) is 6.62. The Kier molecular flexibility index (Phi) is 14.2. The maximum Gasteiger partial charge on any atom is 0.190 e.